The highest BCUT2D eigenvalue weighted by molar-refractivity contribution is 7.09. The number of hydrogen-bond acceptors (Lipinski definition) is 5. The third-order valence-corrected chi connectivity index (χ3v) is 4.58. The van der Waals surface area contributed by atoms with Crippen molar-refractivity contribution in [3.8, 4) is 0 Å². The van der Waals surface area contributed by atoms with Crippen LogP contribution in [0.4, 0.5) is 0 Å². The number of nitrogens with one attached hydrogen (secondary N) is 2. The molecule has 0 saturated heterocycles. The molecule has 0 aliphatic heterocycles. The van der Waals surface area contributed by atoms with Crippen LogP contribution in [0.3, 0.4) is 0 Å². The van der Waals surface area contributed by atoms with Crippen LogP contribution in [0, 0.1) is 6.92 Å². The molecule has 7 nitrogen and oxygen atoms in total. The normalized spacial score (nSPS) is 13.3. The van der Waals surface area contributed by atoms with E-state index in [1.807, 2.05) is 31.0 Å². The summed E-state index contributed by atoms with van der Waals surface area (Å²) in [6.45, 7) is 3.60. The van der Waals surface area contributed by atoms with Crippen LogP contribution in [0.25, 0.3) is 0 Å². The van der Waals surface area contributed by atoms with E-state index in [9.17, 15) is 0 Å². The molecule has 1 atom stereocenters. The molecule has 2 aromatic heterocycles. The molecule has 0 saturated carbocycles. The van der Waals surface area contributed by atoms with Crippen molar-refractivity contribution in [2.75, 3.05) is 34.2 Å². The average Bonchev–Trinajstić information content (AvgIpc) is 3.14. The summed E-state index contributed by atoms with van der Waals surface area (Å²) in [5, 5.41) is 14.2. The van der Waals surface area contributed by atoms with Crippen LogP contribution >= 0.6 is 11.3 Å². The van der Waals surface area contributed by atoms with Crippen LogP contribution in [-0.2, 0) is 13.5 Å². The SMILES string of the molecule is CN=C(NCCc1csc(C)n1)NCC(c1cnn(C)c1)N(C)C. The minimum atomic E-state index is 0.235. The van der Waals surface area contributed by atoms with Crippen LogP contribution in [-0.4, -0.2) is 59.9 Å². The Labute approximate surface area is 147 Å². The van der Waals surface area contributed by atoms with E-state index in [0.717, 1.165) is 36.2 Å². The maximum Gasteiger partial charge on any atom is 0.191 e. The summed E-state index contributed by atoms with van der Waals surface area (Å²) in [4.78, 5) is 10.9. The number of guanidine groups is 1. The van der Waals surface area contributed by atoms with Gasteiger partial charge in [-0.25, -0.2) is 4.98 Å². The zero-order valence-corrected chi connectivity index (χ0v) is 15.9. The number of likely N-dealkylation sites (N-methyl/N-ethyl adjacent to an activating group) is 1. The fourth-order valence-corrected chi connectivity index (χ4v) is 3.10. The largest absolute Gasteiger partial charge is 0.356 e. The van der Waals surface area contributed by atoms with E-state index in [0.29, 0.717) is 0 Å². The Morgan fingerprint density at radius 3 is 2.75 bits per heavy atom. The average molecular weight is 350 g/mol. The van der Waals surface area contributed by atoms with E-state index in [-0.39, 0.29) is 6.04 Å². The zero-order valence-electron chi connectivity index (χ0n) is 15.1. The Bertz CT molecular complexity index is 659. The molecule has 0 aromatic carbocycles. The van der Waals surface area contributed by atoms with Gasteiger partial charge >= 0.3 is 0 Å². The van der Waals surface area contributed by atoms with E-state index in [1.165, 1.54) is 5.56 Å². The van der Waals surface area contributed by atoms with E-state index in [4.69, 9.17) is 0 Å². The van der Waals surface area contributed by atoms with Crippen LogP contribution in [0.5, 0.6) is 0 Å². The zero-order chi connectivity index (χ0) is 17.5. The molecule has 24 heavy (non-hydrogen) atoms. The van der Waals surface area contributed by atoms with Crippen molar-refractivity contribution in [1.29, 1.82) is 0 Å². The first-order valence-corrected chi connectivity index (χ1v) is 8.88. The molecule has 0 amide bonds. The van der Waals surface area contributed by atoms with Gasteiger partial charge in [-0.15, -0.1) is 11.3 Å². The van der Waals surface area contributed by atoms with Crippen LogP contribution in [0.15, 0.2) is 22.8 Å². The minimum absolute atomic E-state index is 0.235. The number of aryl methyl sites for hydroxylation is 2. The smallest absolute Gasteiger partial charge is 0.191 e. The van der Waals surface area contributed by atoms with Crippen molar-refractivity contribution in [2.24, 2.45) is 12.0 Å². The number of nitrogens with zero attached hydrogens (tertiary/aromatic N) is 5. The second-order valence-corrected chi connectivity index (χ2v) is 6.98. The second-order valence-electron chi connectivity index (χ2n) is 5.91. The predicted octanol–water partition coefficient (Wildman–Crippen LogP) is 1.20. The Balaban J connectivity index is 1.83. The number of thiazole rings is 1. The van der Waals surface area contributed by atoms with Gasteiger partial charge in [-0.2, -0.15) is 5.10 Å². The third-order valence-electron chi connectivity index (χ3n) is 3.76. The van der Waals surface area contributed by atoms with Crippen LogP contribution in [0.1, 0.15) is 22.3 Å². The van der Waals surface area contributed by atoms with E-state index in [2.05, 4.69) is 50.1 Å². The lowest BCUT2D eigenvalue weighted by molar-refractivity contribution is 0.298. The van der Waals surface area contributed by atoms with E-state index < -0.39 is 0 Å². The summed E-state index contributed by atoms with van der Waals surface area (Å²) >= 11 is 1.69. The first-order valence-electron chi connectivity index (χ1n) is 8.00. The summed E-state index contributed by atoms with van der Waals surface area (Å²) in [5.41, 5.74) is 2.31. The summed E-state index contributed by atoms with van der Waals surface area (Å²) in [5.74, 6) is 0.803. The molecule has 0 fully saturated rings. The highest BCUT2D eigenvalue weighted by Crippen LogP contribution is 2.16. The Morgan fingerprint density at radius 2 is 2.21 bits per heavy atom. The minimum Gasteiger partial charge on any atom is -0.356 e. The Morgan fingerprint density at radius 1 is 1.42 bits per heavy atom. The molecule has 2 aromatic rings. The third kappa shape index (κ3) is 5.31. The topological polar surface area (TPSA) is 70.4 Å². The van der Waals surface area contributed by atoms with Crippen molar-refractivity contribution < 1.29 is 0 Å². The van der Waals surface area contributed by atoms with Gasteiger partial charge in [-0.1, -0.05) is 0 Å². The lowest BCUT2D eigenvalue weighted by atomic mass is 10.1. The lowest BCUT2D eigenvalue weighted by Crippen LogP contribution is -2.42. The molecule has 1 unspecified atom stereocenters. The van der Waals surface area contributed by atoms with Crippen molar-refractivity contribution in [3.05, 3.63) is 34.0 Å². The Kier molecular flexibility index (Phi) is 6.74. The standard InChI is InChI=1S/C16H27N7S/c1-12-21-14(11-24-12)6-7-18-16(17-2)19-9-15(22(3)4)13-8-20-23(5)10-13/h8,10-11,15H,6-7,9H2,1-5H3,(H2,17,18,19). The first-order chi connectivity index (χ1) is 11.5. The molecular weight excluding hydrogens is 322 g/mol. The molecule has 0 radical (unpaired) electrons. The molecule has 2 N–H and O–H groups in total. The quantitative estimate of drug-likeness (QED) is 0.580. The fraction of sp³-hybridized carbons (Fsp3) is 0.562. The number of aliphatic imine (C=N–C) groups is 1. The molecule has 8 heteroatoms. The Hall–Kier alpha value is -1.93. The van der Waals surface area contributed by atoms with Crippen molar-refractivity contribution in [3.63, 3.8) is 0 Å². The van der Waals surface area contributed by atoms with Crippen molar-refractivity contribution in [1.82, 2.24) is 30.3 Å². The number of aromatic nitrogens is 3. The maximum atomic E-state index is 4.48. The van der Waals surface area contributed by atoms with Gasteiger partial charge in [0.1, 0.15) is 0 Å². The molecule has 0 bridgehead atoms. The van der Waals surface area contributed by atoms with Gasteiger partial charge in [-0.3, -0.25) is 9.67 Å². The van der Waals surface area contributed by atoms with Crippen LogP contribution < -0.4 is 10.6 Å². The van der Waals surface area contributed by atoms with Gasteiger partial charge in [0.15, 0.2) is 5.96 Å². The summed E-state index contributed by atoms with van der Waals surface area (Å²) in [7, 11) is 7.86. The summed E-state index contributed by atoms with van der Waals surface area (Å²) in [6.07, 6.45) is 4.85. The van der Waals surface area contributed by atoms with Crippen LogP contribution in [0.2, 0.25) is 0 Å². The number of hydrogen-bond donors (Lipinski definition) is 2. The van der Waals surface area contributed by atoms with Gasteiger partial charge in [0, 0.05) is 50.7 Å². The monoisotopic (exact) mass is 349 g/mol. The lowest BCUT2D eigenvalue weighted by Gasteiger charge is -2.24. The van der Waals surface area contributed by atoms with E-state index >= 15 is 0 Å². The summed E-state index contributed by atoms with van der Waals surface area (Å²) < 4.78 is 1.83. The van der Waals surface area contributed by atoms with Gasteiger partial charge in [-0.05, 0) is 21.0 Å². The molecule has 0 aliphatic rings. The highest BCUT2D eigenvalue weighted by Gasteiger charge is 2.16. The van der Waals surface area contributed by atoms with E-state index in [1.54, 1.807) is 18.4 Å². The van der Waals surface area contributed by atoms with Gasteiger partial charge in [0.2, 0.25) is 0 Å². The predicted molar refractivity (Wildman–Crippen MR) is 99.6 cm³/mol. The van der Waals surface area contributed by atoms with Gasteiger partial charge < -0.3 is 15.5 Å². The summed E-state index contributed by atoms with van der Waals surface area (Å²) in [6, 6.07) is 0.235. The van der Waals surface area contributed by atoms with Gasteiger partial charge in [0.25, 0.3) is 0 Å². The molecule has 0 aliphatic carbocycles. The second kappa shape index (κ2) is 8.79. The van der Waals surface area contributed by atoms with Gasteiger partial charge in [0.05, 0.1) is 22.9 Å². The van der Waals surface area contributed by atoms with Crippen molar-refractivity contribution in [2.45, 2.75) is 19.4 Å². The fourth-order valence-electron chi connectivity index (χ4n) is 2.46. The maximum absolute atomic E-state index is 4.48. The molecule has 2 rings (SSSR count). The molecule has 2 heterocycles. The molecule has 132 valence electrons. The highest BCUT2D eigenvalue weighted by atomic mass is 32.1. The first kappa shape index (κ1) is 18.4. The molecular formula is C16H27N7S. The molecule has 0 spiro atoms. The van der Waals surface area contributed by atoms with Crippen molar-refractivity contribution >= 4 is 17.3 Å². The number of rotatable bonds is 7.